The number of nitrogens with two attached hydrogens (primary N) is 2. The third kappa shape index (κ3) is 10.4. The number of rotatable bonds is 14. The average Bonchev–Trinajstić information content (AvgIpc) is 2.63. The van der Waals surface area contributed by atoms with Gasteiger partial charge in [0.15, 0.2) is 0 Å². The first-order valence-corrected chi connectivity index (χ1v) is 8.96. The lowest BCUT2D eigenvalue weighted by molar-refractivity contribution is -0.147. The molecule has 166 valence electrons. The van der Waals surface area contributed by atoms with Crippen LogP contribution >= 0.6 is 0 Å². The van der Waals surface area contributed by atoms with E-state index in [1.165, 1.54) is 6.92 Å². The summed E-state index contributed by atoms with van der Waals surface area (Å²) in [5.41, 5.74) is 10.6. The number of hydrogen-bond donors (Lipinski definition) is 8. The number of nitrogens with one attached hydrogen (secondary N) is 3. The van der Waals surface area contributed by atoms with Crippen LogP contribution in [-0.4, -0.2) is 82.3 Å². The van der Waals surface area contributed by atoms with Crippen LogP contribution in [-0.2, 0) is 24.0 Å². The second-order valence-electron chi connectivity index (χ2n) is 6.33. The largest absolute Gasteiger partial charge is 0.481 e. The highest BCUT2D eigenvalue weighted by atomic mass is 16.4. The molecule has 0 bridgehead atoms. The van der Waals surface area contributed by atoms with Crippen molar-refractivity contribution in [2.45, 2.75) is 56.8 Å². The SMILES string of the molecule is CC(O)C(NC(=O)CN)C(=O)NC(CCCCN)C(=O)NC(CC(=O)O)C(=O)O. The Hall–Kier alpha value is -2.77. The lowest BCUT2D eigenvalue weighted by Gasteiger charge is -2.25. The fourth-order valence-corrected chi connectivity index (χ4v) is 2.31. The molecule has 0 aromatic rings. The molecule has 13 nitrogen and oxygen atoms in total. The molecule has 0 aliphatic carbocycles. The Kier molecular flexibility index (Phi) is 12.1. The van der Waals surface area contributed by atoms with Crippen LogP contribution < -0.4 is 27.4 Å². The van der Waals surface area contributed by atoms with Crippen molar-refractivity contribution in [2.75, 3.05) is 13.1 Å². The summed E-state index contributed by atoms with van der Waals surface area (Å²) in [5.74, 6) is -5.49. The molecule has 0 aliphatic heterocycles. The first-order valence-electron chi connectivity index (χ1n) is 8.96. The van der Waals surface area contributed by atoms with Gasteiger partial charge in [0.2, 0.25) is 17.7 Å². The number of aliphatic hydroxyl groups excluding tert-OH is 1. The van der Waals surface area contributed by atoms with Crippen molar-refractivity contribution in [1.82, 2.24) is 16.0 Å². The van der Waals surface area contributed by atoms with Crippen molar-refractivity contribution in [3.8, 4) is 0 Å². The summed E-state index contributed by atoms with van der Waals surface area (Å²) in [6.45, 7) is 1.15. The van der Waals surface area contributed by atoms with Crippen LogP contribution in [0.3, 0.4) is 0 Å². The zero-order valence-corrected chi connectivity index (χ0v) is 16.1. The molecule has 0 saturated carbocycles. The third-order valence-corrected chi connectivity index (χ3v) is 3.84. The number of aliphatic hydroxyl groups is 1. The summed E-state index contributed by atoms with van der Waals surface area (Å²) in [7, 11) is 0. The molecule has 29 heavy (non-hydrogen) atoms. The minimum Gasteiger partial charge on any atom is -0.481 e. The fourth-order valence-electron chi connectivity index (χ4n) is 2.31. The van der Waals surface area contributed by atoms with Gasteiger partial charge in [-0.2, -0.15) is 0 Å². The molecule has 0 rings (SSSR count). The van der Waals surface area contributed by atoms with Crippen molar-refractivity contribution < 1.29 is 39.3 Å². The Morgan fingerprint density at radius 2 is 1.48 bits per heavy atom. The molecule has 13 heteroatoms. The van der Waals surface area contributed by atoms with E-state index in [0.717, 1.165) is 0 Å². The number of hydrogen-bond acceptors (Lipinski definition) is 8. The van der Waals surface area contributed by atoms with Crippen LogP contribution in [0.15, 0.2) is 0 Å². The molecule has 0 fully saturated rings. The molecule has 3 amide bonds. The highest BCUT2D eigenvalue weighted by Crippen LogP contribution is 2.05. The van der Waals surface area contributed by atoms with Crippen molar-refractivity contribution >= 4 is 29.7 Å². The van der Waals surface area contributed by atoms with Gasteiger partial charge in [0.05, 0.1) is 19.1 Å². The predicted octanol–water partition coefficient (Wildman–Crippen LogP) is -3.53. The van der Waals surface area contributed by atoms with Gasteiger partial charge in [-0.15, -0.1) is 0 Å². The van der Waals surface area contributed by atoms with Gasteiger partial charge in [-0.05, 0) is 32.7 Å². The summed E-state index contributed by atoms with van der Waals surface area (Å²) in [6.07, 6.45) is -1.17. The zero-order valence-electron chi connectivity index (χ0n) is 16.1. The lowest BCUT2D eigenvalue weighted by Crippen LogP contribution is -2.58. The number of carbonyl (C=O) groups is 5. The predicted molar refractivity (Wildman–Crippen MR) is 99.3 cm³/mol. The quantitative estimate of drug-likeness (QED) is 0.129. The molecule has 0 aromatic heterocycles. The number of amides is 3. The van der Waals surface area contributed by atoms with Crippen LogP contribution in [0.4, 0.5) is 0 Å². The van der Waals surface area contributed by atoms with Crippen LogP contribution in [0.25, 0.3) is 0 Å². The van der Waals surface area contributed by atoms with E-state index in [-0.39, 0.29) is 6.42 Å². The van der Waals surface area contributed by atoms with E-state index >= 15 is 0 Å². The maximum atomic E-state index is 12.5. The maximum Gasteiger partial charge on any atom is 0.326 e. The molecule has 0 aliphatic rings. The highest BCUT2D eigenvalue weighted by Gasteiger charge is 2.31. The van der Waals surface area contributed by atoms with E-state index in [1.54, 1.807) is 0 Å². The summed E-state index contributed by atoms with van der Waals surface area (Å²) < 4.78 is 0. The number of carboxylic acid groups (broad SMARTS) is 2. The number of unbranched alkanes of at least 4 members (excludes halogenated alkanes) is 1. The molecule has 0 saturated heterocycles. The van der Waals surface area contributed by atoms with Gasteiger partial charge >= 0.3 is 11.9 Å². The van der Waals surface area contributed by atoms with Gasteiger partial charge in [-0.25, -0.2) is 4.79 Å². The van der Waals surface area contributed by atoms with E-state index in [1.807, 2.05) is 0 Å². The van der Waals surface area contributed by atoms with Crippen molar-refractivity contribution in [2.24, 2.45) is 11.5 Å². The van der Waals surface area contributed by atoms with E-state index in [9.17, 15) is 29.1 Å². The number of aliphatic carboxylic acids is 2. The van der Waals surface area contributed by atoms with Gasteiger partial charge in [-0.3, -0.25) is 19.2 Å². The van der Waals surface area contributed by atoms with Gasteiger partial charge in [-0.1, -0.05) is 0 Å². The maximum absolute atomic E-state index is 12.5. The Bertz CT molecular complexity index is 598. The normalized spacial score (nSPS) is 14.8. The smallest absolute Gasteiger partial charge is 0.326 e. The monoisotopic (exact) mass is 419 g/mol. The summed E-state index contributed by atoms with van der Waals surface area (Å²) >= 11 is 0. The van der Waals surface area contributed by atoms with Gasteiger partial charge in [0, 0.05) is 0 Å². The summed E-state index contributed by atoms with van der Waals surface area (Å²) in [5, 5.41) is 34.2. The first-order chi connectivity index (χ1) is 13.5. The highest BCUT2D eigenvalue weighted by molar-refractivity contribution is 5.94. The standard InChI is InChI=1S/C16H29N5O8/c1-8(22)13(21-11(23)7-18)15(27)19-9(4-2-3-5-17)14(26)20-10(16(28)29)6-12(24)25/h8-10,13,22H,2-7,17-18H2,1H3,(H,19,27)(H,20,26)(H,21,23)(H,24,25)(H,28,29). The fraction of sp³-hybridized carbons (Fsp3) is 0.688. The molecular formula is C16H29N5O8. The average molecular weight is 419 g/mol. The molecule has 0 heterocycles. The Balaban J connectivity index is 5.33. The third-order valence-electron chi connectivity index (χ3n) is 3.84. The Labute approximate surface area is 167 Å². The molecule has 4 unspecified atom stereocenters. The van der Waals surface area contributed by atoms with Crippen LogP contribution in [0.2, 0.25) is 0 Å². The van der Waals surface area contributed by atoms with E-state index in [0.29, 0.717) is 19.4 Å². The minimum atomic E-state index is -1.70. The summed E-state index contributed by atoms with van der Waals surface area (Å²) in [6, 6.07) is -4.33. The molecule has 0 radical (unpaired) electrons. The second-order valence-corrected chi connectivity index (χ2v) is 6.33. The van der Waals surface area contributed by atoms with Crippen LogP contribution in [0.1, 0.15) is 32.6 Å². The second kappa shape index (κ2) is 13.4. The minimum absolute atomic E-state index is 0.0749. The Morgan fingerprint density at radius 3 is 1.93 bits per heavy atom. The lowest BCUT2D eigenvalue weighted by atomic mass is 10.1. The molecule has 0 aromatic carbocycles. The zero-order chi connectivity index (χ0) is 22.6. The Morgan fingerprint density at radius 1 is 0.897 bits per heavy atom. The van der Waals surface area contributed by atoms with Crippen LogP contribution in [0, 0.1) is 0 Å². The van der Waals surface area contributed by atoms with Crippen molar-refractivity contribution in [3.63, 3.8) is 0 Å². The van der Waals surface area contributed by atoms with E-state index in [2.05, 4.69) is 16.0 Å². The number of carbonyl (C=O) groups excluding carboxylic acids is 3. The number of carboxylic acids is 2. The van der Waals surface area contributed by atoms with E-state index in [4.69, 9.17) is 21.7 Å². The van der Waals surface area contributed by atoms with Gasteiger partial charge < -0.3 is 42.7 Å². The topological polar surface area (TPSA) is 234 Å². The summed E-state index contributed by atoms with van der Waals surface area (Å²) in [4.78, 5) is 58.3. The van der Waals surface area contributed by atoms with Crippen molar-refractivity contribution in [1.29, 1.82) is 0 Å². The van der Waals surface area contributed by atoms with Crippen molar-refractivity contribution in [3.05, 3.63) is 0 Å². The molecule has 4 atom stereocenters. The molecule has 10 N–H and O–H groups in total. The molecular weight excluding hydrogens is 390 g/mol. The van der Waals surface area contributed by atoms with Gasteiger partial charge in [0.1, 0.15) is 18.1 Å². The van der Waals surface area contributed by atoms with E-state index < -0.39 is 66.9 Å². The van der Waals surface area contributed by atoms with Crippen LogP contribution in [0.5, 0.6) is 0 Å². The molecule has 0 spiro atoms. The first kappa shape index (κ1) is 26.2. The van der Waals surface area contributed by atoms with Gasteiger partial charge in [0.25, 0.3) is 0 Å².